The number of H-pyrrole nitrogens is 1. The molecule has 28 heavy (non-hydrogen) atoms. The number of fused-ring (bicyclic) bond motifs is 1. The zero-order valence-electron chi connectivity index (χ0n) is 16.4. The summed E-state index contributed by atoms with van der Waals surface area (Å²) in [5.74, 6) is 0.738. The fraction of sp³-hybridized carbons (Fsp3) is 0.217. The molecule has 2 aromatic carbocycles. The zero-order chi connectivity index (χ0) is 20.3. The van der Waals surface area contributed by atoms with Crippen molar-refractivity contribution in [2.24, 2.45) is 0 Å². The minimum absolute atomic E-state index is 0.0368. The number of nitriles is 1. The topological polar surface area (TPSA) is 75.1 Å². The van der Waals surface area contributed by atoms with Gasteiger partial charge in [0, 0.05) is 22.2 Å². The number of carbonyl (C=O) groups excluding carboxylic acids is 1. The van der Waals surface area contributed by atoms with Crippen LogP contribution in [0.5, 0.6) is 11.5 Å². The molecular weight excluding hydrogens is 352 g/mol. The van der Waals surface area contributed by atoms with Crippen molar-refractivity contribution in [2.45, 2.75) is 26.9 Å². The lowest BCUT2D eigenvalue weighted by atomic mass is 9.99. The summed E-state index contributed by atoms with van der Waals surface area (Å²) in [6.07, 6.45) is 1.48. The van der Waals surface area contributed by atoms with E-state index in [0.29, 0.717) is 22.6 Å². The first-order valence-corrected chi connectivity index (χ1v) is 9.03. The SMILES string of the molecule is COc1cccc(C=C(C#N)C(=O)c2c(C)[nH]c3ccccc23)c1OC(C)C. The summed E-state index contributed by atoms with van der Waals surface area (Å²) in [6, 6.07) is 15.0. The number of methoxy groups -OCH3 is 1. The van der Waals surface area contributed by atoms with Gasteiger partial charge in [0.15, 0.2) is 11.5 Å². The average molecular weight is 374 g/mol. The third-order valence-electron chi connectivity index (χ3n) is 4.37. The summed E-state index contributed by atoms with van der Waals surface area (Å²) >= 11 is 0. The normalized spacial score (nSPS) is 11.5. The molecular formula is C23H22N2O3. The van der Waals surface area contributed by atoms with Crippen LogP contribution in [0, 0.1) is 18.3 Å². The molecule has 0 bridgehead atoms. The quantitative estimate of drug-likeness (QED) is 0.372. The van der Waals surface area contributed by atoms with Crippen LogP contribution < -0.4 is 9.47 Å². The number of aromatic amines is 1. The van der Waals surface area contributed by atoms with Gasteiger partial charge in [-0.3, -0.25) is 4.79 Å². The van der Waals surface area contributed by atoms with Crippen molar-refractivity contribution in [3.8, 4) is 17.6 Å². The summed E-state index contributed by atoms with van der Waals surface area (Å²) in [5.41, 5.74) is 2.77. The fourth-order valence-electron chi connectivity index (χ4n) is 3.18. The van der Waals surface area contributed by atoms with Crippen LogP contribution in [-0.4, -0.2) is 24.0 Å². The highest BCUT2D eigenvalue weighted by molar-refractivity contribution is 6.20. The largest absolute Gasteiger partial charge is 0.493 e. The van der Waals surface area contributed by atoms with Crippen LogP contribution in [0.3, 0.4) is 0 Å². The van der Waals surface area contributed by atoms with E-state index in [1.807, 2.05) is 51.1 Å². The molecule has 0 aliphatic heterocycles. The molecule has 0 saturated carbocycles. The van der Waals surface area contributed by atoms with E-state index in [1.165, 1.54) is 0 Å². The number of rotatable bonds is 6. The van der Waals surface area contributed by atoms with Crippen molar-refractivity contribution in [3.63, 3.8) is 0 Å². The standard InChI is InChI=1S/C23H22N2O3/c1-14(2)28-23-16(8-7-11-20(23)27-4)12-17(13-24)22(26)21-15(3)25-19-10-6-5-9-18(19)21/h5-12,14,25H,1-4H3. The van der Waals surface area contributed by atoms with Gasteiger partial charge in [0.1, 0.15) is 11.6 Å². The van der Waals surface area contributed by atoms with Crippen molar-refractivity contribution in [3.05, 3.63) is 64.9 Å². The van der Waals surface area contributed by atoms with Gasteiger partial charge in [0.05, 0.1) is 18.8 Å². The number of carbonyl (C=O) groups is 1. The molecule has 0 radical (unpaired) electrons. The van der Waals surface area contributed by atoms with Gasteiger partial charge in [-0.2, -0.15) is 5.26 Å². The molecule has 0 fully saturated rings. The van der Waals surface area contributed by atoms with Crippen molar-refractivity contribution < 1.29 is 14.3 Å². The predicted octanol–water partition coefficient (Wildman–Crippen LogP) is 5.06. The summed E-state index contributed by atoms with van der Waals surface area (Å²) in [4.78, 5) is 16.4. The summed E-state index contributed by atoms with van der Waals surface area (Å²) in [7, 11) is 1.56. The number of allylic oxidation sites excluding steroid dienone is 1. The molecule has 0 spiro atoms. The van der Waals surface area contributed by atoms with E-state index in [-0.39, 0.29) is 17.5 Å². The number of hydrogen-bond donors (Lipinski definition) is 1. The number of hydrogen-bond acceptors (Lipinski definition) is 4. The van der Waals surface area contributed by atoms with Crippen LogP contribution in [0.4, 0.5) is 0 Å². The molecule has 1 aromatic heterocycles. The van der Waals surface area contributed by atoms with E-state index < -0.39 is 0 Å². The highest BCUT2D eigenvalue weighted by Gasteiger charge is 2.21. The number of para-hydroxylation sites is 2. The number of aromatic nitrogens is 1. The second-order valence-corrected chi connectivity index (χ2v) is 6.71. The Kier molecular flexibility index (Phi) is 5.51. The Bertz CT molecular complexity index is 1100. The smallest absolute Gasteiger partial charge is 0.205 e. The molecule has 5 heteroatoms. The third kappa shape index (κ3) is 3.63. The Balaban J connectivity index is 2.11. The van der Waals surface area contributed by atoms with Crippen LogP contribution in [0.2, 0.25) is 0 Å². The van der Waals surface area contributed by atoms with Gasteiger partial charge in [0.25, 0.3) is 0 Å². The molecule has 1 N–H and O–H groups in total. The molecule has 3 rings (SSSR count). The first kappa shape index (κ1) is 19.2. The number of ketones is 1. The second-order valence-electron chi connectivity index (χ2n) is 6.71. The van der Waals surface area contributed by atoms with Crippen LogP contribution in [0.15, 0.2) is 48.0 Å². The van der Waals surface area contributed by atoms with Gasteiger partial charge in [-0.1, -0.05) is 30.3 Å². The maximum absolute atomic E-state index is 13.2. The first-order valence-electron chi connectivity index (χ1n) is 9.03. The lowest BCUT2D eigenvalue weighted by molar-refractivity contribution is 0.104. The highest BCUT2D eigenvalue weighted by atomic mass is 16.5. The Morgan fingerprint density at radius 3 is 2.61 bits per heavy atom. The molecule has 0 amide bonds. The molecule has 0 aliphatic rings. The van der Waals surface area contributed by atoms with E-state index in [2.05, 4.69) is 4.98 Å². The molecule has 3 aromatic rings. The van der Waals surface area contributed by atoms with Gasteiger partial charge < -0.3 is 14.5 Å². The summed E-state index contributed by atoms with van der Waals surface area (Å²) < 4.78 is 11.3. The summed E-state index contributed by atoms with van der Waals surface area (Å²) in [6.45, 7) is 5.65. The first-order chi connectivity index (χ1) is 13.5. The van der Waals surface area contributed by atoms with Crippen molar-refractivity contribution in [1.29, 1.82) is 5.26 Å². The third-order valence-corrected chi connectivity index (χ3v) is 4.37. The number of benzene rings is 2. The Morgan fingerprint density at radius 2 is 1.93 bits per heavy atom. The fourth-order valence-corrected chi connectivity index (χ4v) is 3.18. The monoisotopic (exact) mass is 374 g/mol. The van der Waals surface area contributed by atoms with Crippen molar-refractivity contribution >= 4 is 22.8 Å². The molecule has 0 saturated heterocycles. The van der Waals surface area contributed by atoms with Gasteiger partial charge in [-0.25, -0.2) is 0 Å². The maximum Gasteiger partial charge on any atom is 0.205 e. The van der Waals surface area contributed by atoms with Gasteiger partial charge in [-0.15, -0.1) is 0 Å². The molecule has 5 nitrogen and oxygen atoms in total. The van der Waals surface area contributed by atoms with E-state index in [9.17, 15) is 10.1 Å². The second kappa shape index (κ2) is 8.01. The van der Waals surface area contributed by atoms with Crippen LogP contribution in [0.25, 0.3) is 17.0 Å². The molecule has 0 unspecified atom stereocenters. The molecule has 0 atom stereocenters. The number of nitrogens with zero attached hydrogens (tertiary/aromatic N) is 1. The van der Waals surface area contributed by atoms with Crippen molar-refractivity contribution in [2.75, 3.05) is 7.11 Å². The van der Waals surface area contributed by atoms with E-state index in [4.69, 9.17) is 9.47 Å². The Morgan fingerprint density at radius 1 is 1.18 bits per heavy atom. The average Bonchev–Trinajstić information content (AvgIpc) is 3.01. The lowest BCUT2D eigenvalue weighted by Gasteiger charge is -2.16. The number of aryl methyl sites for hydroxylation is 1. The van der Waals surface area contributed by atoms with E-state index in [0.717, 1.165) is 16.6 Å². The highest BCUT2D eigenvalue weighted by Crippen LogP contribution is 2.34. The van der Waals surface area contributed by atoms with E-state index in [1.54, 1.807) is 31.4 Å². The van der Waals surface area contributed by atoms with Crippen LogP contribution in [0.1, 0.15) is 35.5 Å². The number of Topliss-reactive ketones (excluding diaryl/α,β-unsaturated/α-hetero) is 1. The van der Waals surface area contributed by atoms with Gasteiger partial charge in [-0.05, 0) is 39.0 Å². The maximum atomic E-state index is 13.2. The zero-order valence-corrected chi connectivity index (χ0v) is 16.4. The van der Waals surface area contributed by atoms with Crippen LogP contribution in [-0.2, 0) is 0 Å². The predicted molar refractivity (Wildman–Crippen MR) is 110 cm³/mol. The Labute approximate surface area is 164 Å². The lowest BCUT2D eigenvalue weighted by Crippen LogP contribution is -2.08. The Hall–Kier alpha value is -3.52. The molecule has 0 aliphatic carbocycles. The van der Waals surface area contributed by atoms with Crippen LogP contribution >= 0.6 is 0 Å². The van der Waals surface area contributed by atoms with Gasteiger partial charge in [0.2, 0.25) is 5.78 Å². The number of nitrogens with one attached hydrogen (secondary N) is 1. The minimum atomic E-state index is -0.323. The molecule has 1 heterocycles. The number of ether oxygens (including phenoxy) is 2. The molecule has 142 valence electrons. The minimum Gasteiger partial charge on any atom is -0.493 e. The summed E-state index contributed by atoms with van der Waals surface area (Å²) in [5, 5.41) is 10.5. The van der Waals surface area contributed by atoms with Crippen molar-refractivity contribution in [1.82, 2.24) is 4.98 Å². The van der Waals surface area contributed by atoms with E-state index >= 15 is 0 Å². The van der Waals surface area contributed by atoms with Gasteiger partial charge >= 0.3 is 0 Å².